The summed E-state index contributed by atoms with van der Waals surface area (Å²) in [7, 11) is 0. The summed E-state index contributed by atoms with van der Waals surface area (Å²) in [5.41, 5.74) is -0.477. The van der Waals surface area contributed by atoms with Crippen LogP contribution in [0.5, 0.6) is 5.75 Å². The molecule has 0 unspecified atom stereocenters. The van der Waals surface area contributed by atoms with E-state index in [2.05, 4.69) is 16.3 Å². The molecule has 7 rings (SSSR count). The zero-order valence-corrected chi connectivity index (χ0v) is 31.2. The van der Waals surface area contributed by atoms with E-state index >= 15 is 0 Å². The molecule has 0 bridgehead atoms. The largest absolute Gasteiger partial charge is 0.493 e. The predicted molar refractivity (Wildman–Crippen MR) is 200 cm³/mol. The third kappa shape index (κ3) is 8.21. The van der Waals surface area contributed by atoms with Crippen LogP contribution in [0.25, 0.3) is 5.69 Å². The van der Waals surface area contributed by atoms with Gasteiger partial charge in [-0.1, -0.05) is 24.3 Å². The van der Waals surface area contributed by atoms with Crippen molar-refractivity contribution < 1.29 is 41.4 Å². The fourth-order valence-corrected chi connectivity index (χ4v) is 7.72. The maximum absolute atomic E-state index is 14.7. The van der Waals surface area contributed by atoms with Crippen molar-refractivity contribution in [2.24, 2.45) is 0 Å². The lowest BCUT2D eigenvalue weighted by Crippen LogP contribution is -2.55. The van der Waals surface area contributed by atoms with E-state index < -0.39 is 53.3 Å². The number of likely N-dealkylation sites (tertiary alicyclic amines) is 1. The summed E-state index contributed by atoms with van der Waals surface area (Å²) in [4.78, 5) is 48.2. The molecule has 1 N–H and O–H groups in total. The second-order valence-electron chi connectivity index (χ2n) is 14.1. The molecule has 0 saturated carbocycles. The first-order chi connectivity index (χ1) is 27.5. The van der Waals surface area contributed by atoms with Gasteiger partial charge in [-0.3, -0.25) is 24.2 Å². The summed E-state index contributed by atoms with van der Waals surface area (Å²) in [6.07, 6.45) is -2.93. The minimum atomic E-state index is -4.73. The molecule has 3 aliphatic heterocycles. The van der Waals surface area contributed by atoms with E-state index in [1.54, 1.807) is 31.2 Å². The van der Waals surface area contributed by atoms with E-state index in [1.165, 1.54) is 44.8 Å². The minimum Gasteiger partial charge on any atom is -0.493 e. The van der Waals surface area contributed by atoms with E-state index in [4.69, 9.17) is 14.6 Å². The number of nitrogens with zero attached hydrogens (tertiary/aromatic N) is 6. The third-order valence-corrected chi connectivity index (χ3v) is 10.5. The SMILES string of the molecule is CCN1C(=O)[C@H](NC(=O)c2cccc(C(F)(F)F)c2)[C@H](c2ccc(F)cc2)c2c(C(=O)N3CCC[C@H]3C#N)nn(-c3cccc(OCCCN4CCOCC4)c3)c21. The van der Waals surface area contributed by atoms with E-state index in [1.807, 2.05) is 0 Å². The van der Waals surface area contributed by atoms with Gasteiger partial charge in [-0.25, -0.2) is 9.07 Å². The van der Waals surface area contributed by atoms with Gasteiger partial charge in [0.1, 0.15) is 29.5 Å². The Bertz CT molecular complexity index is 2160. The standard InChI is InChI=1S/C41H41F4N7O5/c1-2-50-38-34(33(26-12-14-29(42)15-13-26)35(39(50)54)47-37(53)27-7-3-8-28(23-27)41(43,44)45)36(40(55)51-17-5-10-31(51)25-46)48-52(38)30-9-4-11-32(24-30)57-20-6-16-49-18-21-56-22-19-49/h3-4,7-9,11-15,23-24,31,33,35H,2,5-6,10,16-22H2,1H3,(H,47,53)/t31-,33+,35+/m0/s1. The Kier molecular flexibility index (Phi) is 11.6. The Hall–Kier alpha value is -5.79. The highest BCUT2D eigenvalue weighted by Crippen LogP contribution is 2.45. The molecule has 0 aliphatic carbocycles. The number of ether oxygens (including phenoxy) is 2. The average Bonchev–Trinajstić information content (AvgIpc) is 3.86. The average molecular weight is 788 g/mol. The van der Waals surface area contributed by atoms with Crippen LogP contribution in [-0.2, 0) is 15.7 Å². The van der Waals surface area contributed by atoms with Gasteiger partial charge in [0, 0.05) is 55.8 Å². The number of amides is 3. The fourth-order valence-electron chi connectivity index (χ4n) is 7.72. The fraction of sp³-hybridized carbons (Fsp3) is 0.390. The topological polar surface area (TPSA) is 133 Å². The van der Waals surface area contributed by atoms with Gasteiger partial charge in [0.15, 0.2) is 5.69 Å². The Morgan fingerprint density at radius 1 is 1.04 bits per heavy atom. The molecule has 1 aromatic heterocycles. The van der Waals surface area contributed by atoms with Crippen molar-refractivity contribution in [1.82, 2.24) is 24.9 Å². The predicted octanol–water partition coefficient (Wildman–Crippen LogP) is 5.56. The quantitative estimate of drug-likeness (QED) is 0.155. The number of carbonyl (C=O) groups is 3. The van der Waals surface area contributed by atoms with E-state index in [0.717, 1.165) is 38.2 Å². The molecule has 0 radical (unpaired) electrons. The number of hydrogen-bond acceptors (Lipinski definition) is 8. The Morgan fingerprint density at radius 3 is 2.51 bits per heavy atom. The number of benzene rings is 3. The number of nitrogens with one attached hydrogen (secondary N) is 1. The van der Waals surface area contributed by atoms with Gasteiger partial charge in [-0.2, -0.15) is 23.5 Å². The van der Waals surface area contributed by atoms with E-state index in [0.29, 0.717) is 55.7 Å². The molecule has 4 heterocycles. The first-order valence-electron chi connectivity index (χ1n) is 18.9. The Labute approximate surface area is 326 Å². The smallest absolute Gasteiger partial charge is 0.416 e. The van der Waals surface area contributed by atoms with Gasteiger partial charge in [-0.15, -0.1) is 0 Å². The van der Waals surface area contributed by atoms with Crippen LogP contribution in [0.2, 0.25) is 0 Å². The number of rotatable bonds is 11. The van der Waals surface area contributed by atoms with Crippen molar-refractivity contribution in [3.8, 4) is 17.5 Å². The summed E-state index contributed by atoms with van der Waals surface area (Å²) >= 11 is 0. The third-order valence-electron chi connectivity index (χ3n) is 10.5. The van der Waals surface area contributed by atoms with Crippen LogP contribution in [-0.4, -0.2) is 102 Å². The first-order valence-corrected chi connectivity index (χ1v) is 18.9. The van der Waals surface area contributed by atoms with Crippen LogP contribution in [0, 0.1) is 17.1 Å². The van der Waals surface area contributed by atoms with Gasteiger partial charge >= 0.3 is 6.18 Å². The van der Waals surface area contributed by atoms with E-state index in [9.17, 15) is 37.2 Å². The van der Waals surface area contributed by atoms with Crippen molar-refractivity contribution >= 4 is 23.5 Å². The molecular weight excluding hydrogens is 746 g/mol. The van der Waals surface area contributed by atoms with Gasteiger partial charge < -0.3 is 19.7 Å². The molecule has 2 saturated heterocycles. The maximum Gasteiger partial charge on any atom is 0.416 e. The molecule has 0 spiro atoms. The molecule has 3 aliphatic rings. The number of likely N-dealkylation sites (N-methyl/N-ethyl adjacent to an activating group) is 1. The van der Waals surface area contributed by atoms with Crippen LogP contribution in [0.15, 0.2) is 72.8 Å². The molecule has 3 amide bonds. The molecule has 12 nitrogen and oxygen atoms in total. The van der Waals surface area contributed by atoms with Gasteiger partial charge in [-0.05, 0) is 74.2 Å². The highest BCUT2D eigenvalue weighted by atomic mass is 19.4. The van der Waals surface area contributed by atoms with Crippen molar-refractivity contribution in [3.63, 3.8) is 0 Å². The molecule has 2 fully saturated rings. The van der Waals surface area contributed by atoms with Crippen molar-refractivity contribution in [1.29, 1.82) is 5.26 Å². The highest BCUT2D eigenvalue weighted by Gasteiger charge is 2.48. The van der Waals surface area contributed by atoms with Gasteiger partial charge in [0.25, 0.3) is 17.7 Å². The lowest BCUT2D eigenvalue weighted by Gasteiger charge is -2.38. The number of morpholine rings is 1. The number of anilines is 1. The summed E-state index contributed by atoms with van der Waals surface area (Å²) in [5.74, 6) is -3.20. The summed E-state index contributed by atoms with van der Waals surface area (Å²) in [5, 5.41) is 17.4. The van der Waals surface area contributed by atoms with Crippen molar-refractivity contribution in [2.75, 3.05) is 57.4 Å². The number of hydrogen-bond donors (Lipinski definition) is 1. The second-order valence-corrected chi connectivity index (χ2v) is 14.1. The number of halogens is 4. The normalized spacial score (nSPS) is 19.9. The first kappa shape index (κ1) is 39.4. The van der Waals surface area contributed by atoms with Crippen molar-refractivity contribution in [2.45, 2.75) is 50.4 Å². The molecule has 298 valence electrons. The van der Waals surface area contributed by atoms with Crippen LogP contribution in [0.4, 0.5) is 23.4 Å². The van der Waals surface area contributed by atoms with Crippen molar-refractivity contribution in [3.05, 3.63) is 107 Å². The monoisotopic (exact) mass is 787 g/mol. The molecular formula is C41H41F4N7O5. The zero-order chi connectivity index (χ0) is 40.3. The van der Waals surface area contributed by atoms with Gasteiger partial charge in [0.2, 0.25) is 0 Å². The van der Waals surface area contributed by atoms with Crippen LogP contribution in [0.1, 0.15) is 69.6 Å². The summed E-state index contributed by atoms with van der Waals surface area (Å²) in [6.45, 7) is 6.38. The highest BCUT2D eigenvalue weighted by molar-refractivity contribution is 6.07. The molecule has 57 heavy (non-hydrogen) atoms. The number of aromatic nitrogens is 2. The zero-order valence-electron chi connectivity index (χ0n) is 31.2. The molecule has 3 aromatic carbocycles. The summed E-state index contributed by atoms with van der Waals surface area (Å²) in [6, 6.07) is 16.0. The lowest BCUT2D eigenvalue weighted by molar-refractivity contribution is -0.137. The molecule has 4 aromatic rings. The maximum atomic E-state index is 14.7. The lowest BCUT2D eigenvalue weighted by atomic mass is 9.80. The van der Waals surface area contributed by atoms with Crippen LogP contribution >= 0.6 is 0 Å². The number of carbonyl (C=O) groups excluding carboxylic acids is 3. The second kappa shape index (κ2) is 16.7. The minimum absolute atomic E-state index is 0.0412. The Balaban J connectivity index is 1.33. The van der Waals surface area contributed by atoms with Crippen LogP contribution < -0.4 is 15.0 Å². The summed E-state index contributed by atoms with van der Waals surface area (Å²) < 4.78 is 68.4. The Morgan fingerprint density at radius 2 is 1.79 bits per heavy atom. The number of alkyl halides is 3. The van der Waals surface area contributed by atoms with E-state index in [-0.39, 0.29) is 35.7 Å². The van der Waals surface area contributed by atoms with Gasteiger partial charge in [0.05, 0.1) is 37.1 Å². The van der Waals surface area contributed by atoms with Crippen LogP contribution in [0.3, 0.4) is 0 Å². The number of nitriles is 1. The number of fused-ring (bicyclic) bond motifs is 1. The molecule has 3 atom stereocenters. The molecule has 16 heteroatoms.